The average molecular weight is 388 g/mol. The Kier molecular flexibility index (Phi) is 6.05. The maximum atomic E-state index is 12.6. The van der Waals surface area contributed by atoms with Crippen molar-refractivity contribution in [2.45, 2.75) is 39.0 Å². The quantitative estimate of drug-likeness (QED) is 0.785. The zero-order valence-electron chi connectivity index (χ0n) is 15.8. The summed E-state index contributed by atoms with van der Waals surface area (Å²) in [5.41, 5.74) is 0.687. The molecule has 0 aliphatic carbocycles. The number of carbonyl (C=O) groups is 2. The molecule has 1 aromatic heterocycles. The minimum atomic E-state index is -0.428. The molecule has 1 fully saturated rings. The Morgan fingerprint density at radius 3 is 2.78 bits per heavy atom. The highest BCUT2D eigenvalue weighted by Gasteiger charge is 2.36. The van der Waals surface area contributed by atoms with Gasteiger partial charge >= 0.3 is 0 Å². The molecule has 1 atom stereocenters. The summed E-state index contributed by atoms with van der Waals surface area (Å²) < 4.78 is 5.33. The summed E-state index contributed by atoms with van der Waals surface area (Å²) in [6.07, 6.45) is 2.15. The molecule has 3 rings (SSSR count). The Balaban J connectivity index is 1.67. The van der Waals surface area contributed by atoms with Crippen LogP contribution in [-0.2, 0) is 9.59 Å². The number of hydrogen-bond donors (Lipinski definition) is 1. The molecule has 1 aromatic carbocycles. The van der Waals surface area contributed by atoms with E-state index >= 15 is 0 Å². The fraction of sp³-hybridized carbons (Fsp3) is 0.474. The topological polar surface area (TPSA) is 84.4 Å². The Hall–Kier alpha value is -2.48. The standard InChI is InChI=1S/C19H24N4O3S/c1-4-12(5-2)18-21-22-19(27-18)20-17(25)13-10-16(24)23(11-13)14-8-6-7-9-15(14)26-3/h6-9,12-13H,4-5,10-11H2,1-3H3,(H,20,22,25). The number of carbonyl (C=O) groups excluding carboxylic acids is 2. The van der Waals surface area contributed by atoms with Gasteiger partial charge in [-0.05, 0) is 25.0 Å². The maximum Gasteiger partial charge on any atom is 0.231 e. The molecule has 0 radical (unpaired) electrons. The number of rotatable bonds is 7. The van der Waals surface area contributed by atoms with E-state index in [0.717, 1.165) is 17.8 Å². The van der Waals surface area contributed by atoms with Gasteiger partial charge in [0.2, 0.25) is 16.9 Å². The highest BCUT2D eigenvalue weighted by atomic mass is 32.1. The molecule has 7 nitrogen and oxygen atoms in total. The molecule has 0 saturated carbocycles. The zero-order valence-corrected chi connectivity index (χ0v) is 16.6. The molecule has 2 aromatic rings. The average Bonchev–Trinajstić information content (AvgIpc) is 3.29. The Labute approximate surface area is 162 Å². The molecule has 1 aliphatic rings. The summed E-state index contributed by atoms with van der Waals surface area (Å²) in [5.74, 6) is 0.263. The molecule has 1 aliphatic heterocycles. The van der Waals surface area contributed by atoms with Gasteiger partial charge in [-0.15, -0.1) is 10.2 Å². The van der Waals surface area contributed by atoms with Gasteiger partial charge in [-0.25, -0.2) is 0 Å². The Morgan fingerprint density at radius 1 is 1.33 bits per heavy atom. The van der Waals surface area contributed by atoms with Crippen molar-refractivity contribution >= 4 is 34.0 Å². The van der Waals surface area contributed by atoms with Crippen LogP contribution in [0.1, 0.15) is 44.0 Å². The van der Waals surface area contributed by atoms with E-state index in [-0.39, 0.29) is 18.2 Å². The number of methoxy groups -OCH3 is 1. The summed E-state index contributed by atoms with van der Waals surface area (Å²) in [5, 5.41) is 12.5. The van der Waals surface area contributed by atoms with Crippen LogP contribution in [0.3, 0.4) is 0 Å². The number of amides is 2. The minimum Gasteiger partial charge on any atom is -0.495 e. The first kappa shape index (κ1) is 19.3. The van der Waals surface area contributed by atoms with Crippen LogP contribution in [-0.4, -0.2) is 35.7 Å². The first-order valence-electron chi connectivity index (χ1n) is 9.14. The van der Waals surface area contributed by atoms with Crippen molar-refractivity contribution in [1.82, 2.24) is 10.2 Å². The summed E-state index contributed by atoms with van der Waals surface area (Å²) in [7, 11) is 1.57. The Bertz CT molecular complexity index is 819. The molecule has 1 unspecified atom stereocenters. The van der Waals surface area contributed by atoms with Crippen LogP contribution in [0, 0.1) is 5.92 Å². The molecule has 2 heterocycles. The molecular weight excluding hydrogens is 364 g/mol. The van der Waals surface area contributed by atoms with Crippen molar-refractivity contribution in [2.75, 3.05) is 23.9 Å². The molecule has 0 spiro atoms. The molecular formula is C19H24N4O3S. The third-order valence-electron chi connectivity index (χ3n) is 4.88. The number of benzene rings is 1. The van der Waals surface area contributed by atoms with Gasteiger partial charge in [-0.3, -0.25) is 9.59 Å². The molecule has 8 heteroatoms. The van der Waals surface area contributed by atoms with Crippen molar-refractivity contribution in [3.8, 4) is 5.75 Å². The fourth-order valence-corrected chi connectivity index (χ4v) is 4.28. The van der Waals surface area contributed by atoms with Crippen LogP contribution < -0.4 is 15.0 Å². The van der Waals surface area contributed by atoms with E-state index in [2.05, 4.69) is 29.4 Å². The lowest BCUT2D eigenvalue weighted by atomic mass is 10.1. The van der Waals surface area contributed by atoms with E-state index in [0.29, 0.717) is 29.0 Å². The van der Waals surface area contributed by atoms with Crippen LogP contribution in [0.25, 0.3) is 0 Å². The lowest BCUT2D eigenvalue weighted by Gasteiger charge is -2.19. The van der Waals surface area contributed by atoms with Gasteiger partial charge in [0, 0.05) is 18.9 Å². The SMILES string of the molecule is CCC(CC)c1nnc(NC(=O)C2CC(=O)N(c3ccccc3OC)C2)s1. The summed E-state index contributed by atoms with van der Waals surface area (Å²) in [4.78, 5) is 26.7. The van der Waals surface area contributed by atoms with Crippen LogP contribution in [0.5, 0.6) is 5.75 Å². The number of nitrogens with zero attached hydrogens (tertiary/aromatic N) is 3. The predicted molar refractivity (Wildman–Crippen MR) is 105 cm³/mol. The number of aromatic nitrogens is 2. The van der Waals surface area contributed by atoms with Crippen LogP contribution in [0.15, 0.2) is 24.3 Å². The van der Waals surface area contributed by atoms with Crippen LogP contribution in [0.2, 0.25) is 0 Å². The van der Waals surface area contributed by atoms with Gasteiger partial charge in [0.1, 0.15) is 10.8 Å². The van der Waals surface area contributed by atoms with Gasteiger partial charge in [0.05, 0.1) is 18.7 Å². The highest BCUT2D eigenvalue weighted by Crippen LogP contribution is 2.33. The van der Waals surface area contributed by atoms with Gasteiger partial charge in [0.15, 0.2) is 0 Å². The summed E-state index contributed by atoms with van der Waals surface area (Å²) in [6.45, 7) is 4.55. The number of para-hydroxylation sites is 2. The monoisotopic (exact) mass is 388 g/mol. The van der Waals surface area contributed by atoms with E-state index in [1.807, 2.05) is 18.2 Å². The van der Waals surface area contributed by atoms with E-state index in [9.17, 15) is 9.59 Å². The molecule has 27 heavy (non-hydrogen) atoms. The molecule has 144 valence electrons. The molecule has 1 saturated heterocycles. The normalized spacial score (nSPS) is 16.8. The van der Waals surface area contributed by atoms with E-state index in [4.69, 9.17) is 4.74 Å². The largest absolute Gasteiger partial charge is 0.495 e. The van der Waals surface area contributed by atoms with Crippen LogP contribution >= 0.6 is 11.3 Å². The molecule has 0 bridgehead atoms. The number of anilines is 2. The lowest BCUT2D eigenvalue weighted by Crippen LogP contribution is -2.28. The van der Waals surface area contributed by atoms with Gasteiger partial charge in [0.25, 0.3) is 0 Å². The van der Waals surface area contributed by atoms with E-state index in [1.54, 1.807) is 18.1 Å². The maximum absolute atomic E-state index is 12.6. The number of nitrogens with one attached hydrogen (secondary N) is 1. The number of ether oxygens (including phenoxy) is 1. The first-order valence-corrected chi connectivity index (χ1v) is 9.96. The van der Waals surface area contributed by atoms with Crippen molar-refractivity contribution in [3.05, 3.63) is 29.3 Å². The predicted octanol–water partition coefficient (Wildman–Crippen LogP) is 3.44. The highest BCUT2D eigenvalue weighted by molar-refractivity contribution is 7.15. The van der Waals surface area contributed by atoms with Crippen molar-refractivity contribution < 1.29 is 14.3 Å². The van der Waals surface area contributed by atoms with Gasteiger partial charge < -0.3 is 15.0 Å². The van der Waals surface area contributed by atoms with E-state index < -0.39 is 5.92 Å². The first-order chi connectivity index (χ1) is 13.1. The van der Waals surface area contributed by atoms with Gasteiger partial charge in [-0.1, -0.05) is 37.3 Å². The second kappa shape index (κ2) is 8.47. The summed E-state index contributed by atoms with van der Waals surface area (Å²) >= 11 is 1.41. The second-order valence-electron chi connectivity index (χ2n) is 6.53. The van der Waals surface area contributed by atoms with Crippen LogP contribution in [0.4, 0.5) is 10.8 Å². The Morgan fingerprint density at radius 2 is 2.07 bits per heavy atom. The third kappa shape index (κ3) is 4.10. The zero-order chi connectivity index (χ0) is 19.4. The van der Waals surface area contributed by atoms with Crippen molar-refractivity contribution in [2.24, 2.45) is 5.92 Å². The van der Waals surface area contributed by atoms with Crippen molar-refractivity contribution in [3.63, 3.8) is 0 Å². The molecule has 2 amide bonds. The second-order valence-corrected chi connectivity index (χ2v) is 7.53. The minimum absolute atomic E-state index is 0.0883. The van der Waals surface area contributed by atoms with Gasteiger partial charge in [-0.2, -0.15) is 0 Å². The third-order valence-corrected chi connectivity index (χ3v) is 5.88. The smallest absolute Gasteiger partial charge is 0.231 e. The fourth-order valence-electron chi connectivity index (χ4n) is 3.26. The van der Waals surface area contributed by atoms with E-state index in [1.165, 1.54) is 11.3 Å². The number of hydrogen-bond acceptors (Lipinski definition) is 6. The molecule has 1 N–H and O–H groups in total. The van der Waals surface area contributed by atoms with Crippen molar-refractivity contribution in [1.29, 1.82) is 0 Å². The summed E-state index contributed by atoms with van der Waals surface area (Å²) in [6, 6.07) is 7.32. The lowest BCUT2D eigenvalue weighted by molar-refractivity contribution is -0.122.